The predicted molar refractivity (Wildman–Crippen MR) is 61.8 cm³/mol. The van der Waals surface area contributed by atoms with Gasteiger partial charge >= 0.3 is 30.2 Å². The molecule has 0 radical (unpaired) electrons. The second kappa shape index (κ2) is 7.82. The Morgan fingerprint density at radius 3 is 1.69 bits per heavy atom. The van der Waals surface area contributed by atoms with Gasteiger partial charge in [-0.2, -0.15) is 43.9 Å². The Morgan fingerprint density at radius 1 is 0.923 bits per heavy atom. The first-order chi connectivity index (χ1) is 11.3. The minimum atomic E-state index is -6.62. The maximum absolute atomic E-state index is 13.8. The lowest BCUT2D eigenvalue weighted by Gasteiger charge is -2.35. The Kier molecular flexibility index (Phi) is 7.47. The third kappa shape index (κ3) is 5.66. The van der Waals surface area contributed by atoms with Crippen LogP contribution in [0.2, 0.25) is 0 Å². The Hall–Kier alpha value is -1.18. The van der Waals surface area contributed by atoms with Crippen LogP contribution in [0.3, 0.4) is 0 Å². The fourth-order valence-corrected chi connectivity index (χ4v) is 1.41. The first-order valence-electron chi connectivity index (χ1n) is 6.52. The Balaban J connectivity index is 5.49. The van der Waals surface area contributed by atoms with E-state index in [1.807, 2.05) is 6.58 Å². The molecule has 2 unspecified atom stereocenters. The van der Waals surface area contributed by atoms with Crippen LogP contribution in [0.15, 0.2) is 12.4 Å². The van der Waals surface area contributed by atoms with Gasteiger partial charge in [-0.15, -0.1) is 0 Å². The molecule has 26 heavy (non-hydrogen) atoms. The third-order valence-corrected chi connectivity index (χ3v) is 3.06. The van der Waals surface area contributed by atoms with E-state index in [4.69, 9.17) is 0 Å². The van der Waals surface area contributed by atoms with Gasteiger partial charge in [0.1, 0.15) is 0 Å². The van der Waals surface area contributed by atoms with E-state index in [0.717, 1.165) is 6.92 Å². The first-order valence-corrected chi connectivity index (χ1v) is 6.52. The molecule has 0 heterocycles. The molecule has 0 rings (SSSR count). The molecule has 0 aromatic heterocycles. The van der Waals surface area contributed by atoms with Gasteiger partial charge in [0.25, 0.3) is 0 Å². The van der Waals surface area contributed by atoms with Crippen LogP contribution in [0.4, 0.5) is 52.7 Å². The van der Waals surface area contributed by atoms with Crippen molar-refractivity contribution in [3.05, 3.63) is 12.4 Å². The monoisotopic (exact) mass is 416 g/mol. The number of hydrogen-bond donors (Lipinski definition) is 0. The molecule has 0 saturated heterocycles. The molecule has 2 atom stereocenters. The van der Waals surface area contributed by atoms with E-state index < -0.39 is 61.6 Å². The molecule has 0 N–H and O–H groups in total. The predicted octanol–water partition coefficient (Wildman–Crippen LogP) is 5.55. The van der Waals surface area contributed by atoms with Crippen LogP contribution in [0, 0.1) is 5.92 Å². The lowest BCUT2D eigenvalue weighted by atomic mass is 10.0. The van der Waals surface area contributed by atoms with E-state index >= 15 is 0 Å². The average Bonchev–Trinajstić information content (AvgIpc) is 2.38. The number of ether oxygens (including phenoxy) is 2. The molecule has 0 fully saturated rings. The second-order valence-electron chi connectivity index (χ2n) is 5.00. The van der Waals surface area contributed by atoms with E-state index in [1.165, 1.54) is 0 Å². The number of rotatable bonds is 9. The van der Waals surface area contributed by atoms with Crippen LogP contribution in [0.5, 0.6) is 0 Å². The summed E-state index contributed by atoms with van der Waals surface area (Å²) in [5, 5.41) is 0. The van der Waals surface area contributed by atoms with Gasteiger partial charge < -0.3 is 4.74 Å². The number of hydrogen-bond acceptors (Lipinski definition) is 2. The quantitative estimate of drug-likeness (QED) is 0.459. The largest absolute Gasteiger partial charge is 0.433 e. The van der Waals surface area contributed by atoms with Gasteiger partial charge in [-0.3, -0.25) is 0 Å². The summed E-state index contributed by atoms with van der Waals surface area (Å²) in [6.45, 7) is -1.70. The topological polar surface area (TPSA) is 18.5 Å². The van der Waals surface area contributed by atoms with E-state index in [9.17, 15) is 52.7 Å². The Morgan fingerprint density at radius 2 is 1.38 bits per heavy atom. The minimum absolute atomic E-state index is 0.749. The molecule has 0 amide bonds. The van der Waals surface area contributed by atoms with Gasteiger partial charge in [-0.25, -0.2) is 13.5 Å². The van der Waals surface area contributed by atoms with E-state index in [-0.39, 0.29) is 0 Å². The second-order valence-corrected chi connectivity index (χ2v) is 5.00. The van der Waals surface area contributed by atoms with E-state index in [1.54, 1.807) is 0 Å². The molecule has 0 aliphatic carbocycles. The van der Waals surface area contributed by atoms with Gasteiger partial charge in [0.15, 0.2) is 5.83 Å². The Labute approximate surface area is 138 Å². The highest BCUT2D eigenvalue weighted by Crippen LogP contribution is 2.49. The normalized spacial score (nSPS) is 17.7. The van der Waals surface area contributed by atoms with Crippen molar-refractivity contribution >= 4 is 0 Å². The summed E-state index contributed by atoms with van der Waals surface area (Å²) in [4.78, 5) is 0. The van der Waals surface area contributed by atoms with Crippen molar-refractivity contribution in [3.8, 4) is 0 Å². The molecule has 14 heteroatoms. The molecule has 0 aliphatic heterocycles. The van der Waals surface area contributed by atoms with Crippen LogP contribution >= 0.6 is 0 Å². The summed E-state index contributed by atoms with van der Waals surface area (Å²) in [5.41, 5.74) is -6.00. The summed E-state index contributed by atoms with van der Waals surface area (Å²) in [6, 6.07) is 0. The fraction of sp³-hybridized carbons (Fsp3) is 0.833. The van der Waals surface area contributed by atoms with Gasteiger partial charge in [-0.05, 0) is 6.42 Å². The van der Waals surface area contributed by atoms with Crippen molar-refractivity contribution in [2.24, 2.45) is 5.92 Å². The molecular weight excluding hydrogens is 404 g/mol. The molecule has 0 saturated carbocycles. The lowest BCUT2D eigenvalue weighted by molar-refractivity contribution is -0.443. The molecule has 0 spiro atoms. The first kappa shape index (κ1) is 24.8. The van der Waals surface area contributed by atoms with Crippen molar-refractivity contribution in [2.75, 3.05) is 13.2 Å². The zero-order valence-corrected chi connectivity index (χ0v) is 12.8. The molecule has 2 nitrogen and oxygen atoms in total. The maximum atomic E-state index is 13.8. The smallest absolute Gasteiger partial charge is 0.377 e. The average molecular weight is 416 g/mol. The SMILES string of the molecule is C=C(F)C(F)(F)OC(F)(F)C(F)(COCC(CC)C(F)(F)F)C(F)(F)F. The number of alkyl halides is 11. The van der Waals surface area contributed by atoms with Gasteiger partial charge in [0.2, 0.25) is 0 Å². The molecule has 156 valence electrons. The van der Waals surface area contributed by atoms with Crippen LogP contribution in [-0.2, 0) is 9.47 Å². The number of halogens is 12. The zero-order chi connectivity index (χ0) is 21.2. The molecule has 0 aromatic carbocycles. The highest BCUT2D eigenvalue weighted by molar-refractivity contribution is 4.99. The highest BCUT2D eigenvalue weighted by atomic mass is 19.4. The van der Waals surface area contributed by atoms with Crippen LogP contribution in [-0.4, -0.2) is 43.5 Å². The lowest BCUT2D eigenvalue weighted by Crippen LogP contribution is -2.61. The van der Waals surface area contributed by atoms with Crippen molar-refractivity contribution in [2.45, 2.75) is 43.6 Å². The zero-order valence-electron chi connectivity index (χ0n) is 12.8. The summed E-state index contributed by atoms with van der Waals surface area (Å²) < 4.78 is 159. The van der Waals surface area contributed by atoms with E-state index in [0.29, 0.717) is 0 Å². The van der Waals surface area contributed by atoms with Crippen LogP contribution < -0.4 is 0 Å². The van der Waals surface area contributed by atoms with Crippen molar-refractivity contribution in [1.82, 2.24) is 0 Å². The summed E-state index contributed by atoms with van der Waals surface area (Å²) in [5.74, 6) is -5.38. The van der Waals surface area contributed by atoms with Gasteiger partial charge in [-0.1, -0.05) is 13.5 Å². The summed E-state index contributed by atoms with van der Waals surface area (Å²) in [7, 11) is 0. The maximum Gasteiger partial charge on any atom is 0.433 e. The molecule has 0 bridgehead atoms. The standard InChI is InChI=1S/C12H12F12O2/c1-3-7(9(15,16)17)4-25-5-8(14,11(20,21)22)12(23,24)26-10(18,19)6(2)13/h7H,2-5H2,1H3. The summed E-state index contributed by atoms with van der Waals surface area (Å²) in [6.07, 6.45) is -24.5. The van der Waals surface area contributed by atoms with Crippen molar-refractivity contribution in [1.29, 1.82) is 0 Å². The van der Waals surface area contributed by atoms with Crippen molar-refractivity contribution < 1.29 is 62.2 Å². The van der Waals surface area contributed by atoms with Crippen molar-refractivity contribution in [3.63, 3.8) is 0 Å². The molecule has 0 aromatic rings. The van der Waals surface area contributed by atoms with Gasteiger partial charge in [0.05, 0.1) is 19.1 Å². The minimum Gasteiger partial charge on any atom is -0.377 e. The molecular formula is C12H12F12O2. The third-order valence-electron chi connectivity index (χ3n) is 3.06. The van der Waals surface area contributed by atoms with Crippen LogP contribution in [0.1, 0.15) is 13.3 Å². The highest BCUT2D eigenvalue weighted by Gasteiger charge is 2.75. The van der Waals surface area contributed by atoms with E-state index in [2.05, 4.69) is 9.47 Å². The van der Waals surface area contributed by atoms with Crippen LogP contribution in [0.25, 0.3) is 0 Å². The molecule has 0 aliphatic rings. The van der Waals surface area contributed by atoms with Gasteiger partial charge in [0, 0.05) is 0 Å². The summed E-state index contributed by atoms with van der Waals surface area (Å²) >= 11 is 0. The Bertz CT molecular complexity index is 484. The fourth-order valence-electron chi connectivity index (χ4n) is 1.41.